The summed E-state index contributed by atoms with van der Waals surface area (Å²) in [7, 11) is -3.76. The van der Waals surface area contributed by atoms with Crippen molar-refractivity contribution in [2.45, 2.75) is 11.8 Å². The number of benzene rings is 2. The first-order valence-corrected chi connectivity index (χ1v) is 7.82. The van der Waals surface area contributed by atoms with Crippen molar-refractivity contribution >= 4 is 38.9 Å². The largest absolute Gasteiger partial charge is 0.506 e. The molecule has 0 bridgehead atoms. The van der Waals surface area contributed by atoms with Crippen molar-refractivity contribution in [1.82, 2.24) is 0 Å². The molecule has 106 valence electrons. The third-order valence-corrected chi connectivity index (χ3v) is 4.91. The van der Waals surface area contributed by atoms with Crippen LogP contribution >= 0.6 is 23.2 Å². The predicted molar refractivity (Wildman–Crippen MR) is 80.1 cm³/mol. The summed E-state index contributed by atoms with van der Waals surface area (Å²) < 4.78 is 26.7. The van der Waals surface area contributed by atoms with Crippen LogP contribution < -0.4 is 4.72 Å². The summed E-state index contributed by atoms with van der Waals surface area (Å²) in [5, 5.41) is 9.50. The fourth-order valence-electron chi connectivity index (χ4n) is 1.62. The normalized spacial score (nSPS) is 11.3. The number of nitrogens with one attached hydrogen (secondary N) is 1. The lowest BCUT2D eigenvalue weighted by atomic mass is 10.2. The molecule has 2 rings (SSSR count). The van der Waals surface area contributed by atoms with Crippen LogP contribution in [0.15, 0.2) is 41.3 Å². The Morgan fingerprint density at radius 1 is 1.10 bits per heavy atom. The Kier molecular flexibility index (Phi) is 4.13. The molecular formula is C13H11Cl2NO3S. The summed E-state index contributed by atoms with van der Waals surface area (Å²) >= 11 is 11.8. The first-order valence-electron chi connectivity index (χ1n) is 5.58. The first-order chi connectivity index (χ1) is 9.33. The van der Waals surface area contributed by atoms with E-state index in [4.69, 9.17) is 23.2 Å². The lowest BCUT2D eigenvalue weighted by molar-refractivity contribution is 0.471. The quantitative estimate of drug-likeness (QED) is 0.840. The number of phenolic OH excluding ortho intramolecular Hbond substituents is 1. The molecule has 0 aliphatic heterocycles. The van der Waals surface area contributed by atoms with Gasteiger partial charge in [0.05, 0.1) is 15.6 Å². The van der Waals surface area contributed by atoms with Crippen LogP contribution in [0.3, 0.4) is 0 Å². The van der Waals surface area contributed by atoms with E-state index in [2.05, 4.69) is 4.72 Å². The van der Waals surface area contributed by atoms with Gasteiger partial charge in [0.1, 0.15) is 10.8 Å². The highest BCUT2D eigenvalue weighted by atomic mass is 35.5. The molecule has 0 fully saturated rings. The zero-order chi connectivity index (χ0) is 14.9. The zero-order valence-corrected chi connectivity index (χ0v) is 12.7. The molecular weight excluding hydrogens is 321 g/mol. The van der Waals surface area contributed by atoms with E-state index in [1.807, 2.05) is 0 Å². The Hall–Kier alpha value is -1.43. The van der Waals surface area contributed by atoms with Gasteiger partial charge >= 0.3 is 0 Å². The van der Waals surface area contributed by atoms with E-state index in [-0.39, 0.29) is 26.4 Å². The molecule has 20 heavy (non-hydrogen) atoms. The van der Waals surface area contributed by atoms with Crippen LogP contribution in [0.4, 0.5) is 5.69 Å². The maximum Gasteiger partial charge on any atom is 0.261 e. The van der Waals surface area contributed by atoms with Gasteiger partial charge in [-0.3, -0.25) is 4.72 Å². The molecule has 0 spiro atoms. The van der Waals surface area contributed by atoms with Gasteiger partial charge in [-0.2, -0.15) is 0 Å². The minimum Gasteiger partial charge on any atom is -0.506 e. The Morgan fingerprint density at radius 3 is 2.30 bits per heavy atom. The molecule has 4 nitrogen and oxygen atoms in total. The molecule has 0 atom stereocenters. The van der Waals surface area contributed by atoms with Crippen LogP contribution in [0.1, 0.15) is 5.56 Å². The molecule has 0 aliphatic rings. The van der Waals surface area contributed by atoms with Crippen LogP contribution in [0.2, 0.25) is 10.0 Å². The van der Waals surface area contributed by atoms with Crippen LogP contribution in [-0.4, -0.2) is 13.5 Å². The second-order valence-corrected chi connectivity index (χ2v) is 6.57. The fraction of sp³-hybridized carbons (Fsp3) is 0.0769. The number of hydrogen-bond acceptors (Lipinski definition) is 3. The van der Waals surface area contributed by atoms with Crippen molar-refractivity contribution in [2.75, 3.05) is 4.72 Å². The Morgan fingerprint density at radius 2 is 1.70 bits per heavy atom. The van der Waals surface area contributed by atoms with Gasteiger partial charge in [-0.1, -0.05) is 41.4 Å². The number of phenols is 1. The van der Waals surface area contributed by atoms with Gasteiger partial charge in [0, 0.05) is 0 Å². The van der Waals surface area contributed by atoms with Gasteiger partial charge in [-0.05, 0) is 30.7 Å². The van der Waals surface area contributed by atoms with Crippen molar-refractivity contribution in [1.29, 1.82) is 0 Å². The van der Waals surface area contributed by atoms with Gasteiger partial charge in [0.15, 0.2) is 0 Å². The van der Waals surface area contributed by atoms with E-state index < -0.39 is 10.0 Å². The molecule has 2 N–H and O–H groups in total. The number of anilines is 1. The molecule has 0 amide bonds. The van der Waals surface area contributed by atoms with Crippen molar-refractivity contribution in [3.63, 3.8) is 0 Å². The average molecular weight is 332 g/mol. The summed E-state index contributed by atoms with van der Waals surface area (Å²) in [5.74, 6) is -0.167. The smallest absolute Gasteiger partial charge is 0.261 e. The number of halogens is 2. The first kappa shape index (κ1) is 15.0. The average Bonchev–Trinajstić information content (AvgIpc) is 2.43. The summed E-state index contributed by atoms with van der Waals surface area (Å²) in [6.07, 6.45) is 0. The number of sulfonamides is 1. The number of hydrogen-bond donors (Lipinski definition) is 2. The Bertz CT molecular complexity index is 746. The van der Waals surface area contributed by atoms with Crippen molar-refractivity contribution in [2.24, 2.45) is 0 Å². The molecule has 2 aromatic carbocycles. The fourth-order valence-corrected chi connectivity index (χ4v) is 3.20. The van der Waals surface area contributed by atoms with E-state index >= 15 is 0 Å². The second-order valence-electron chi connectivity index (χ2n) is 4.14. The Balaban J connectivity index is 2.46. The molecule has 0 aromatic heterocycles. The predicted octanol–water partition coefficient (Wildman–Crippen LogP) is 3.81. The number of aromatic hydroxyl groups is 1. The highest BCUT2D eigenvalue weighted by molar-refractivity contribution is 7.92. The van der Waals surface area contributed by atoms with E-state index in [0.29, 0.717) is 5.56 Å². The van der Waals surface area contributed by atoms with Crippen molar-refractivity contribution < 1.29 is 13.5 Å². The monoisotopic (exact) mass is 331 g/mol. The molecule has 0 heterocycles. The molecule has 0 aliphatic carbocycles. The summed E-state index contributed by atoms with van der Waals surface area (Å²) in [6.45, 7) is 1.60. The SMILES string of the molecule is Cc1cc(NS(=O)(=O)c2ccccc2)c(Cl)c(Cl)c1O. The Labute approximate surface area is 127 Å². The van der Waals surface area contributed by atoms with Gasteiger partial charge in [-0.25, -0.2) is 8.42 Å². The standard InChI is InChI=1S/C13H11Cl2NO3S/c1-8-7-10(11(14)12(15)13(8)17)16-20(18,19)9-5-3-2-4-6-9/h2-7,16-17H,1H3. The molecule has 0 radical (unpaired) electrons. The van der Waals surface area contributed by atoms with Crippen molar-refractivity contribution in [3.8, 4) is 5.75 Å². The van der Waals surface area contributed by atoms with Gasteiger partial charge in [0.25, 0.3) is 10.0 Å². The summed E-state index contributed by atoms with van der Waals surface area (Å²) in [6, 6.07) is 9.30. The minimum atomic E-state index is -3.76. The van der Waals surface area contributed by atoms with Crippen LogP contribution in [-0.2, 0) is 10.0 Å². The number of aryl methyl sites for hydroxylation is 1. The molecule has 7 heteroatoms. The molecule has 2 aromatic rings. The summed E-state index contributed by atoms with van der Waals surface area (Å²) in [5.41, 5.74) is 0.543. The van der Waals surface area contributed by atoms with E-state index in [1.165, 1.54) is 18.2 Å². The molecule has 0 unspecified atom stereocenters. The maximum absolute atomic E-state index is 12.2. The third-order valence-electron chi connectivity index (χ3n) is 2.67. The molecule has 0 saturated carbocycles. The van der Waals surface area contributed by atoms with Crippen LogP contribution in [0.5, 0.6) is 5.75 Å². The second kappa shape index (κ2) is 5.52. The summed E-state index contributed by atoms with van der Waals surface area (Å²) in [4.78, 5) is 0.109. The van der Waals surface area contributed by atoms with E-state index in [1.54, 1.807) is 25.1 Å². The minimum absolute atomic E-state index is 0.0470. The lowest BCUT2D eigenvalue weighted by Gasteiger charge is -2.13. The van der Waals surface area contributed by atoms with Crippen LogP contribution in [0, 0.1) is 6.92 Å². The topological polar surface area (TPSA) is 66.4 Å². The highest BCUT2D eigenvalue weighted by Gasteiger charge is 2.19. The van der Waals surface area contributed by atoms with Crippen molar-refractivity contribution in [3.05, 3.63) is 52.0 Å². The van der Waals surface area contributed by atoms with Gasteiger partial charge in [0.2, 0.25) is 0 Å². The lowest BCUT2D eigenvalue weighted by Crippen LogP contribution is -2.13. The third kappa shape index (κ3) is 2.85. The van der Waals surface area contributed by atoms with E-state index in [9.17, 15) is 13.5 Å². The van der Waals surface area contributed by atoms with Crippen LogP contribution in [0.25, 0.3) is 0 Å². The maximum atomic E-state index is 12.2. The zero-order valence-electron chi connectivity index (χ0n) is 10.4. The van der Waals surface area contributed by atoms with Gasteiger partial charge < -0.3 is 5.11 Å². The highest BCUT2D eigenvalue weighted by Crippen LogP contribution is 2.40. The van der Waals surface area contributed by atoms with E-state index in [0.717, 1.165) is 0 Å². The number of rotatable bonds is 3. The van der Waals surface area contributed by atoms with Gasteiger partial charge in [-0.15, -0.1) is 0 Å². The molecule has 0 saturated heterocycles.